The molecule has 1 fully saturated rings. The molecule has 0 spiro atoms. The van der Waals surface area contributed by atoms with Gasteiger partial charge < -0.3 is 15.5 Å². The van der Waals surface area contributed by atoms with Gasteiger partial charge in [-0.1, -0.05) is 12.1 Å². The van der Waals surface area contributed by atoms with Gasteiger partial charge in [-0.25, -0.2) is 4.98 Å². The highest BCUT2D eigenvalue weighted by Crippen LogP contribution is 2.27. The van der Waals surface area contributed by atoms with Crippen LogP contribution in [0.15, 0.2) is 55.3 Å². The number of nitrogens with zero attached hydrogens (tertiary/aromatic N) is 4. The first-order valence-electron chi connectivity index (χ1n) is 11.7. The fourth-order valence-electron chi connectivity index (χ4n) is 4.11. The highest BCUT2D eigenvalue weighted by molar-refractivity contribution is 6.03. The molecular weight excluding hydrogens is 473 g/mol. The number of hydrogen-bond donors (Lipinski definition) is 2. The Bertz CT molecular complexity index is 1250. The van der Waals surface area contributed by atoms with E-state index in [1.807, 2.05) is 11.0 Å². The van der Waals surface area contributed by atoms with Crippen molar-refractivity contribution in [1.29, 1.82) is 0 Å². The lowest BCUT2D eigenvalue weighted by atomic mass is 10.0. The highest BCUT2D eigenvalue weighted by Gasteiger charge is 2.33. The van der Waals surface area contributed by atoms with Crippen LogP contribution < -0.4 is 10.6 Å². The van der Waals surface area contributed by atoms with E-state index in [2.05, 4.69) is 27.3 Å². The van der Waals surface area contributed by atoms with E-state index in [9.17, 15) is 22.8 Å². The second kappa shape index (κ2) is 10.9. The average molecular weight is 501 g/mol. The molecule has 11 heteroatoms. The second-order valence-corrected chi connectivity index (χ2v) is 8.65. The van der Waals surface area contributed by atoms with E-state index < -0.39 is 17.8 Å². The molecule has 1 saturated heterocycles. The molecule has 0 unspecified atom stereocenters. The van der Waals surface area contributed by atoms with Crippen molar-refractivity contribution in [2.45, 2.75) is 38.0 Å². The average Bonchev–Trinajstić information content (AvgIpc) is 3.25. The number of amides is 2. The van der Waals surface area contributed by atoms with Crippen LogP contribution in [-0.2, 0) is 17.5 Å². The monoisotopic (exact) mass is 500 g/mol. The number of anilines is 1. The van der Waals surface area contributed by atoms with Gasteiger partial charge in [0.25, 0.3) is 5.91 Å². The number of benzene rings is 1. The third-order valence-electron chi connectivity index (χ3n) is 6.01. The molecule has 2 N–H and O–H groups in total. The molecule has 0 aliphatic carbocycles. The zero-order valence-electron chi connectivity index (χ0n) is 19.6. The van der Waals surface area contributed by atoms with Gasteiger partial charge in [-0.15, -0.1) is 6.58 Å². The Hall–Kier alpha value is -3.73. The Labute approximate surface area is 206 Å². The topological polar surface area (TPSA) is 92.2 Å². The molecule has 36 heavy (non-hydrogen) atoms. The molecule has 3 heterocycles. The summed E-state index contributed by atoms with van der Waals surface area (Å²) < 4.78 is 40.2. The van der Waals surface area contributed by atoms with Crippen LogP contribution in [0.25, 0.3) is 10.9 Å². The maximum Gasteiger partial charge on any atom is 0.433 e. The second-order valence-electron chi connectivity index (χ2n) is 8.65. The van der Waals surface area contributed by atoms with E-state index in [0.717, 1.165) is 37.9 Å². The van der Waals surface area contributed by atoms with Crippen LogP contribution in [-0.4, -0.2) is 57.2 Å². The number of halogens is 3. The largest absolute Gasteiger partial charge is 0.433 e. The molecule has 0 atom stereocenters. The lowest BCUT2D eigenvalue weighted by Gasteiger charge is -2.32. The van der Waals surface area contributed by atoms with Crippen LogP contribution in [0.4, 0.5) is 18.9 Å². The molecule has 1 aliphatic rings. The number of carbonyl (C=O) groups is 2. The summed E-state index contributed by atoms with van der Waals surface area (Å²) in [6, 6.07) is 8.48. The Morgan fingerprint density at radius 1 is 1.17 bits per heavy atom. The highest BCUT2D eigenvalue weighted by atomic mass is 19.4. The minimum atomic E-state index is -4.64. The summed E-state index contributed by atoms with van der Waals surface area (Å²) in [4.78, 5) is 30.4. The van der Waals surface area contributed by atoms with E-state index in [0.29, 0.717) is 35.7 Å². The van der Waals surface area contributed by atoms with E-state index >= 15 is 0 Å². The van der Waals surface area contributed by atoms with Crippen molar-refractivity contribution in [3.63, 3.8) is 0 Å². The Kier molecular flexibility index (Phi) is 7.68. The van der Waals surface area contributed by atoms with Gasteiger partial charge in [0.05, 0.1) is 5.52 Å². The molecule has 0 radical (unpaired) electrons. The molecule has 1 aliphatic heterocycles. The summed E-state index contributed by atoms with van der Waals surface area (Å²) in [7, 11) is 0. The van der Waals surface area contributed by atoms with E-state index in [4.69, 9.17) is 0 Å². The van der Waals surface area contributed by atoms with E-state index in [1.165, 1.54) is 6.07 Å². The molecule has 3 aromatic rings. The van der Waals surface area contributed by atoms with Crippen LogP contribution in [0, 0.1) is 0 Å². The van der Waals surface area contributed by atoms with Gasteiger partial charge in [0, 0.05) is 36.4 Å². The predicted octanol–water partition coefficient (Wildman–Crippen LogP) is 3.86. The van der Waals surface area contributed by atoms with Crippen LogP contribution in [0.3, 0.4) is 0 Å². The Morgan fingerprint density at radius 2 is 1.94 bits per heavy atom. The standard InChI is InChI=1S/C25H27F3N6O2/c1-2-3-11-29-18-9-12-33(13-10-18)23(35)16-34-15-17-14-19(7-8-20(17)32-34)30-24(36)21-5-4-6-22(31-21)25(26,27)28/h2,4-8,14-15,18,29H,1,3,9-13,16H2,(H,30,36). The molecular formula is C25H27F3N6O2. The number of fused-ring (bicyclic) bond motifs is 1. The Balaban J connectivity index is 1.36. The third kappa shape index (κ3) is 6.28. The predicted molar refractivity (Wildman–Crippen MR) is 129 cm³/mol. The summed E-state index contributed by atoms with van der Waals surface area (Å²) in [5.74, 6) is -0.776. The molecule has 190 valence electrons. The van der Waals surface area contributed by atoms with Gasteiger partial charge in [-0.2, -0.15) is 18.3 Å². The molecule has 0 bridgehead atoms. The molecule has 2 aromatic heterocycles. The maximum atomic E-state index is 12.9. The van der Waals surface area contributed by atoms with Crippen LogP contribution in [0.5, 0.6) is 0 Å². The molecule has 2 amide bonds. The minimum Gasteiger partial charge on any atom is -0.341 e. The third-order valence-corrected chi connectivity index (χ3v) is 6.01. The first-order valence-corrected chi connectivity index (χ1v) is 11.7. The summed E-state index contributed by atoms with van der Waals surface area (Å²) in [6.45, 7) is 6.08. The van der Waals surface area contributed by atoms with Crippen molar-refractivity contribution in [3.05, 3.63) is 66.6 Å². The maximum absolute atomic E-state index is 12.9. The van der Waals surface area contributed by atoms with Crippen LogP contribution in [0.1, 0.15) is 35.4 Å². The summed E-state index contributed by atoms with van der Waals surface area (Å²) in [5.41, 5.74) is -0.470. The van der Waals surface area contributed by atoms with Gasteiger partial charge in [-0.3, -0.25) is 14.3 Å². The summed E-state index contributed by atoms with van der Waals surface area (Å²) in [5, 5.41) is 11.1. The van der Waals surface area contributed by atoms with Crippen LogP contribution >= 0.6 is 0 Å². The van der Waals surface area contributed by atoms with Crippen molar-refractivity contribution < 1.29 is 22.8 Å². The van der Waals surface area contributed by atoms with Crippen molar-refractivity contribution in [2.75, 3.05) is 25.0 Å². The zero-order valence-corrected chi connectivity index (χ0v) is 19.6. The first kappa shape index (κ1) is 25.4. The number of aromatic nitrogens is 3. The van der Waals surface area contributed by atoms with Crippen molar-refractivity contribution >= 4 is 28.4 Å². The number of piperidine rings is 1. The van der Waals surface area contributed by atoms with Gasteiger partial charge in [0.15, 0.2) is 0 Å². The number of carbonyl (C=O) groups excluding carboxylic acids is 2. The number of nitrogens with one attached hydrogen (secondary N) is 2. The summed E-state index contributed by atoms with van der Waals surface area (Å²) >= 11 is 0. The van der Waals surface area contributed by atoms with E-state index in [-0.39, 0.29) is 18.1 Å². The number of hydrogen-bond acceptors (Lipinski definition) is 5. The lowest BCUT2D eigenvalue weighted by Crippen LogP contribution is -2.46. The number of pyridine rings is 1. The zero-order chi connectivity index (χ0) is 25.7. The van der Waals surface area contributed by atoms with Crippen molar-refractivity contribution in [2.24, 2.45) is 0 Å². The van der Waals surface area contributed by atoms with Crippen LogP contribution in [0.2, 0.25) is 0 Å². The lowest BCUT2D eigenvalue weighted by molar-refractivity contribution is -0.141. The van der Waals surface area contributed by atoms with E-state index in [1.54, 1.807) is 29.1 Å². The fraction of sp³-hybridized carbons (Fsp3) is 0.360. The summed E-state index contributed by atoms with van der Waals surface area (Å²) in [6.07, 6.45) is 1.65. The normalized spacial score (nSPS) is 14.7. The van der Waals surface area contributed by atoms with Gasteiger partial charge in [-0.05, 0) is 56.1 Å². The minimum absolute atomic E-state index is 0.0171. The van der Waals surface area contributed by atoms with Gasteiger partial charge in [0.1, 0.15) is 17.9 Å². The number of likely N-dealkylation sites (tertiary alicyclic amines) is 1. The number of rotatable bonds is 8. The smallest absolute Gasteiger partial charge is 0.341 e. The van der Waals surface area contributed by atoms with Crippen molar-refractivity contribution in [1.82, 2.24) is 25.0 Å². The van der Waals surface area contributed by atoms with Gasteiger partial charge in [0.2, 0.25) is 5.91 Å². The number of alkyl halides is 3. The van der Waals surface area contributed by atoms with Crippen molar-refractivity contribution in [3.8, 4) is 0 Å². The molecule has 0 saturated carbocycles. The first-order chi connectivity index (χ1) is 17.2. The quantitative estimate of drug-likeness (QED) is 0.362. The Morgan fingerprint density at radius 3 is 2.67 bits per heavy atom. The molecule has 8 nitrogen and oxygen atoms in total. The molecule has 4 rings (SSSR count). The molecule has 1 aromatic carbocycles. The fourth-order valence-corrected chi connectivity index (χ4v) is 4.11. The van der Waals surface area contributed by atoms with Gasteiger partial charge >= 0.3 is 6.18 Å². The SMILES string of the molecule is C=CCCNC1CCN(C(=O)Cn2cc3cc(NC(=O)c4cccc(C(F)(F)F)n4)ccc3n2)CC1.